The number of rotatable bonds is 1. The number of aromatic nitrogens is 2. The van der Waals surface area contributed by atoms with Crippen molar-refractivity contribution in [1.29, 1.82) is 0 Å². The van der Waals surface area contributed by atoms with Crippen LogP contribution in [0.2, 0.25) is 0 Å². The molecule has 0 aliphatic carbocycles. The lowest BCUT2D eigenvalue weighted by Crippen LogP contribution is -2.26. The molecule has 0 radical (unpaired) electrons. The van der Waals surface area contributed by atoms with E-state index in [-0.39, 0.29) is 0 Å². The predicted molar refractivity (Wildman–Crippen MR) is 64.8 cm³/mol. The maximum Gasteiger partial charge on any atom is 0.228 e. The Bertz CT molecular complexity index is 314. The Morgan fingerprint density at radius 3 is 2.40 bits per heavy atom. The van der Waals surface area contributed by atoms with Gasteiger partial charge in [-0.1, -0.05) is 12.8 Å². The minimum atomic E-state index is 0.524. The lowest BCUT2D eigenvalue weighted by Gasteiger charge is -2.20. The predicted octanol–water partition coefficient (Wildman–Crippen LogP) is 2.20. The summed E-state index contributed by atoms with van der Waals surface area (Å²) in [5.74, 6) is 1.28. The lowest BCUT2D eigenvalue weighted by molar-refractivity contribution is 0.726. The highest BCUT2D eigenvalue weighted by atomic mass is 79.9. The Morgan fingerprint density at radius 1 is 1.13 bits per heavy atom. The molecular formula is C10H15BrN4. The summed E-state index contributed by atoms with van der Waals surface area (Å²) in [6, 6.07) is 1.72. The number of hydrogen-bond acceptors (Lipinski definition) is 4. The number of nitrogen functional groups attached to an aromatic ring is 1. The molecule has 0 amide bonds. The van der Waals surface area contributed by atoms with Crippen molar-refractivity contribution in [2.45, 2.75) is 25.7 Å². The van der Waals surface area contributed by atoms with E-state index in [0.29, 0.717) is 5.82 Å². The molecule has 1 aliphatic rings. The molecule has 15 heavy (non-hydrogen) atoms. The number of anilines is 2. The smallest absolute Gasteiger partial charge is 0.228 e. The van der Waals surface area contributed by atoms with Gasteiger partial charge in [-0.15, -0.1) is 0 Å². The van der Waals surface area contributed by atoms with E-state index in [0.717, 1.165) is 23.6 Å². The normalized spacial score (nSPS) is 17.5. The zero-order valence-electron chi connectivity index (χ0n) is 8.62. The van der Waals surface area contributed by atoms with Crippen LogP contribution >= 0.6 is 15.9 Å². The summed E-state index contributed by atoms with van der Waals surface area (Å²) < 4.78 is 0.759. The minimum absolute atomic E-state index is 0.524. The molecule has 5 heteroatoms. The third-order valence-electron chi connectivity index (χ3n) is 2.59. The number of nitrogens with two attached hydrogens (primary N) is 1. The van der Waals surface area contributed by atoms with Crippen LogP contribution in [0.1, 0.15) is 25.7 Å². The summed E-state index contributed by atoms with van der Waals surface area (Å²) in [5, 5.41) is 0. The third kappa shape index (κ3) is 2.81. The van der Waals surface area contributed by atoms with Crippen molar-refractivity contribution in [3.05, 3.63) is 10.7 Å². The number of nitrogens with zero attached hydrogens (tertiary/aromatic N) is 3. The summed E-state index contributed by atoms with van der Waals surface area (Å²) in [7, 11) is 0. The Labute approximate surface area is 98.0 Å². The van der Waals surface area contributed by atoms with Gasteiger partial charge < -0.3 is 10.6 Å². The van der Waals surface area contributed by atoms with Gasteiger partial charge in [-0.3, -0.25) is 0 Å². The summed E-state index contributed by atoms with van der Waals surface area (Å²) in [6.45, 7) is 2.08. The van der Waals surface area contributed by atoms with Gasteiger partial charge in [-0.2, -0.15) is 4.98 Å². The first-order valence-corrected chi connectivity index (χ1v) is 6.10. The van der Waals surface area contributed by atoms with Crippen LogP contribution in [-0.2, 0) is 0 Å². The molecule has 1 fully saturated rings. The molecule has 1 aromatic rings. The van der Waals surface area contributed by atoms with Crippen molar-refractivity contribution in [2.24, 2.45) is 0 Å². The Kier molecular flexibility index (Phi) is 3.41. The summed E-state index contributed by atoms with van der Waals surface area (Å²) in [4.78, 5) is 10.8. The number of halogens is 1. The maximum atomic E-state index is 5.70. The second-order valence-electron chi connectivity index (χ2n) is 3.82. The molecule has 1 aliphatic heterocycles. The fourth-order valence-electron chi connectivity index (χ4n) is 1.83. The van der Waals surface area contributed by atoms with Crippen LogP contribution < -0.4 is 10.6 Å². The molecule has 4 nitrogen and oxygen atoms in total. The van der Waals surface area contributed by atoms with E-state index in [1.807, 2.05) is 0 Å². The average Bonchev–Trinajstić information content (AvgIpc) is 2.43. The van der Waals surface area contributed by atoms with Crippen molar-refractivity contribution in [2.75, 3.05) is 23.7 Å². The van der Waals surface area contributed by atoms with Gasteiger partial charge in [-0.05, 0) is 28.8 Å². The van der Waals surface area contributed by atoms with Gasteiger partial charge in [0, 0.05) is 19.2 Å². The second kappa shape index (κ2) is 4.79. The topological polar surface area (TPSA) is 55.0 Å². The van der Waals surface area contributed by atoms with Crippen molar-refractivity contribution in [1.82, 2.24) is 9.97 Å². The Morgan fingerprint density at radius 2 is 1.80 bits per heavy atom. The monoisotopic (exact) mass is 270 g/mol. The molecule has 0 atom stereocenters. The lowest BCUT2D eigenvalue weighted by atomic mass is 10.2. The van der Waals surface area contributed by atoms with E-state index in [1.165, 1.54) is 25.7 Å². The molecule has 0 spiro atoms. The van der Waals surface area contributed by atoms with Gasteiger partial charge in [-0.25, -0.2) is 4.98 Å². The Hall–Kier alpha value is -0.840. The zero-order chi connectivity index (χ0) is 10.7. The van der Waals surface area contributed by atoms with Crippen molar-refractivity contribution < 1.29 is 0 Å². The van der Waals surface area contributed by atoms with Gasteiger partial charge in [0.2, 0.25) is 5.95 Å². The second-order valence-corrected chi connectivity index (χ2v) is 4.63. The standard InChI is InChI=1S/C10H15BrN4/c11-8-7-9(12)14-10(13-8)15-5-3-1-2-4-6-15/h7H,1-6H2,(H2,12,13,14). The molecule has 0 bridgehead atoms. The van der Waals surface area contributed by atoms with Crippen LogP contribution in [0.25, 0.3) is 0 Å². The van der Waals surface area contributed by atoms with Gasteiger partial charge in [0.05, 0.1) is 0 Å². The molecule has 0 saturated carbocycles. The molecule has 1 saturated heterocycles. The number of hydrogen-bond donors (Lipinski definition) is 1. The fourth-order valence-corrected chi connectivity index (χ4v) is 2.23. The highest BCUT2D eigenvalue weighted by Gasteiger charge is 2.13. The molecule has 82 valence electrons. The quantitative estimate of drug-likeness (QED) is 0.795. The van der Waals surface area contributed by atoms with Gasteiger partial charge >= 0.3 is 0 Å². The molecule has 2 N–H and O–H groups in total. The van der Waals surface area contributed by atoms with Crippen molar-refractivity contribution in [3.8, 4) is 0 Å². The van der Waals surface area contributed by atoms with Gasteiger partial charge in [0.15, 0.2) is 0 Å². The minimum Gasteiger partial charge on any atom is -0.383 e. The first kappa shape index (κ1) is 10.7. The van der Waals surface area contributed by atoms with Crippen LogP contribution in [0.15, 0.2) is 10.7 Å². The fraction of sp³-hybridized carbons (Fsp3) is 0.600. The summed E-state index contributed by atoms with van der Waals surface area (Å²) in [5.41, 5.74) is 5.70. The first-order valence-electron chi connectivity index (χ1n) is 5.31. The molecule has 2 heterocycles. The van der Waals surface area contributed by atoms with Gasteiger partial charge in [0.1, 0.15) is 10.4 Å². The van der Waals surface area contributed by atoms with E-state index in [9.17, 15) is 0 Å². The van der Waals surface area contributed by atoms with E-state index >= 15 is 0 Å². The van der Waals surface area contributed by atoms with E-state index in [2.05, 4.69) is 30.8 Å². The average molecular weight is 271 g/mol. The van der Waals surface area contributed by atoms with Crippen LogP contribution in [0.5, 0.6) is 0 Å². The van der Waals surface area contributed by atoms with E-state index in [4.69, 9.17) is 5.73 Å². The van der Waals surface area contributed by atoms with E-state index < -0.39 is 0 Å². The molecule has 1 aromatic heterocycles. The van der Waals surface area contributed by atoms with Crippen molar-refractivity contribution in [3.63, 3.8) is 0 Å². The Balaban J connectivity index is 2.19. The highest BCUT2D eigenvalue weighted by Crippen LogP contribution is 2.19. The van der Waals surface area contributed by atoms with Crippen LogP contribution in [-0.4, -0.2) is 23.1 Å². The van der Waals surface area contributed by atoms with Crippen LogP contribution in [0.3, 0.4) is 0 Å². The van der Waals surface area contributed by atoms with Gasteiger partial charge in [0.25, 0.3) is 0 Å². The summed E-state index contributed by atoms with van der Waals surface area (Å²) >= 11 is 3.34. The molecule has 0 unspecified atom stereocenters. The maximum absolute atomic E-state index is 5.70. The summed E-state index contributed by atoms with van der Waals surface area (Å²) in [6.07, 6.45) is 5.05. The molecule has 0 aromatic carbocycles. The van der Waals surface area contributed by atoms with Crippen LogP contribution in [0, 0.1) is 0 Å². The highest BCUT2D eigenvalue weighted by molar-refractivity contribution is 9.10. The zero-order valence-corrected chi connectivity index (χ0v) is 10.2. The van der Waals surface area contributed by atoms with Crippen molar-refractivity contribution >= 4 is 27.7 Å². The largest absolute Gasteiger partial charge is 0.383 e. The SMILES string of the molecule is Nc1cc(Br)nc(N2CCCCCC2)n1. The third-order valence-corrected chi connectivity index (χ3v) is 3.00. The van der Waals surface area contributed by atoms with Crippen LogP contribution in [0.4, 0.5) is 11.8 Å². The first-order chi connectivity index (χ1) is 7.25. The molecular weight excluding hydrogens is 256 g/mol. The van der Waals surface area contributed by atoms with E-state index in [1.54, 1.807) is 6.07 Å². The molecule has 2 rings (SSSR count).